The highest BCUT2D eigenvalue weighted by molar-refractivity contribution is 6.03. The van der Waals surface area contributed by atoms with Crippen molar-refractivity contribution in [1.29, 1.82) is 0 Å². The lowest BCUT2D eigenvalue weighted by molar-refractivity contribution is 0.0947. The predicted molar refractivity (Wildman–Crippen MR) is 92.7 cm³/mol. The standard InChI is InChI=1S/C19H19N3O3/c1-11-9-20-19(24)17-6-13-3-4-14(7-16(13)22(17)10-11)18(23)8-15-5-12(2)25-21-15/h3-7,11H,8-10H2,1-2H3,(H,20,24). The molecule has 1 N–H and O–H groups in total. The van der Waals surface area contributed by atoms with Crippen LogP contribution in [0, 0.1) is 12.8 Å². The summed E-state index contributed by atoms with van der Waals surface area (Å²) in [6.07, 6.45) is 0.202. The second-order valence-corrected chi connectivity index (χ2v) is 6.76. The average Bonchev–Trinajstić information content (AvgIpc) is 3.12. The van der Waals surface area contributed by atoms with Crippen molar-refractivity contribution >= 4 is 22.6 Å². The van der Waals surface area contributed by atoms with Crippen molar-refractivity contribution in [2.24, 2.45) is 5.92 Å². The van der Waals surface area contributed by atoms with Crippen LogP contribution in [0.15, 0.2) is 34.9 Å². The zero-order valence-electron chi connectivity index (χ0n) is 14.2. The van der Waals surface area contributed by atoms with Crippen LogP contribution in [0.3, 0.4) is 0 Å². The van der Waals surface area contributed by atoms with E-state index in [0.29, 0.717) is 35.2 Å². The molecule has 25 heavy (non-hydrogen) atoms. The van der Waals surface area contributed by atoms with Gasteiger partial charge in [0.25, 0.3) is 5.91 Å². The molecule has 1 aliphatic heterocycles. The molecular weight excluding hydrogens is 318 g/mol. The number of amides is 1. The minimum Gasteiger partial charge on any atom is -0.361 e. The van der Waals surface area contributed by atoms with Gasteiger partial charge in [-0.1, -0.05) is 24.2 Å². The Hall–Kier alpha value is -2.89. The van der Waals surface area contributed by atoms with Crippen LogP contribution in [0.1, 0.15) is 39.2 Å². The normalized spacial score (nSPS) is 17.2. The first kappa shape index (κ1) is 15.6. The van der Waals surface area contributed by atoms with Crippen LogP contribution >= 0.6 is 0 Å². The van der Waals surface area contributed by atoms with E-state index in [2.05, 4.69) is 17.4 Å². The van der Waals surface area contributed by atoms with Gasteiger partial charge in [-0.05, 0) is 25.0 Å². The number of ketones is 1. The van der Waals surface area contributed by atoms with E-state index < -0.39 is 0 Å². The molecular formula is C19H19N3O3. The van der Waals surface area contributed by atoms with Gasteiger partial charge in [-0.25, -0.2) is 0 Å². The Morgan fingerprint density at radius 3 is 2.96 bits per heavy atom. The Labute approximate surface area is 144 Å². The third kappa shape index (κ3) is 2.84. The second-order valence-electron chi connectivity index (χ2n) is 6.76. The summed E-state index contributed by atoms with van der Waals surface area (Å²) < 4.78 is 7.03. The van der Waals surface area contributed by atoms with Crippen LogP contribution in [0.25, 0.3) is 10.9 Å². The summed E-state index contributed by atoms with van der Waals surface area (Å²) in [4.78, 5) is 24.8. The number of carbonyl (C=O) groups excluding carboxylic acids is 2. The third-order valence-electron chi connectivity index (χ3n) is 4.58. The van der Waals surface area contributed by atoms with Crippen molar-refractivity contribution in [3.05, 3.63) is 53.0 Å². The Kier molecular flexibility index (Phi) is 3.67. The highest BCUT2D eigenvalue weighted by Crippen LogP contribution is 2.25. The minimum atomic E-state index is -0.0634. The monoisotopic (exact) mass is 337 g/mol. The predicted octanol–water partition coefficient (Wildman–Crippen LogP) is 2.74. The van der Waals surface area contributed by atoms with Crippen molar-refractivity contribution in [3.8, 4) is 0 Å². The zero-order valence-corrected chi connectivity index (χ0v) is 14.2. The maximum Gasteiger partial charge on any atom is 0.267 e. The van der Waals surface area contributed by atoms with Crippen molar-refractivity contribution in [2.75, 3.05) is 6.54 Å². The Balaban J connectivity index is 1.72. The third-order valence-corrected chi connectivity index (χ3v) is 4.58. The van der Waals surface area contributed by atoms with E-state index in [4.69, 9.17) is 4.52 Å². The molecule has 0 spiro atoms. The number of fused-ring (bicyclic) bond motifs is 3. The molecule has 3 heterocycles. The van der Waals surface area contributed by atoms with Gasteiger partial charge in [-0.2, -0.15) is 0 Å². The molecule has 1 aliphatic rings. The number of hydrogen-bond donors (Lipinski definition) is 1. The molecule has 3 aromatic rings. The van der Waals surface area contributed by atoms with E-state index in [-0.39, 0.29) is 18.1 Å². The summed E-state index contributed by atoms with van der Waals surface area (Å²) in [5.41, 5.74) is 2.81. The van der Waals surface area contributed by atoms with Gasteiger partial charge in [0.05, 0.1) is 12.1 Å². The number of hydrogen-bond acceptors (Lipinski definition) is 4. The maximum atomic E-state index is 12.6. The molecule has 128 valence electrons. The number of nitrogens with one attached hydrogen (secondary N) is 1. The SMILES string of the molecule is Cc1cc(CC(=O)c2ccc3cc4n(c3c2)CC(C)CNC4=O)no1. The van der Waals surface area contributed by atoms with Gasteiger partial charge < -0.3 is 14.4 Å². The molecule has 1 unspecified atom stereocenters. The molecule has 0 bridgehead atoms. The number of Topliss-reactive ketones (excluding diaryl/α,β-unsaturated/α-hetero) is 1. The van der Waals surface area contributed by atoms with Gasteiger partial charge in [0.1, 0.15) is 11.5 Å². The number of aryl methyl sites for hydroxylation is 1. The molecule has 0 aliphatic carbocycles. The average molecular weight is 337 g/mol. The summed E-state index contributed by atoms with van der Waals surface area (Å²) in [6, 6.07) is 9.23. The molecule has 1 aromatic carbocycles. The number of carbonyl (C=O) groups is 2. The van der Waals surface area contributed by atoms with Crippen LogP contribution in [0.2, 0.25) is 0 Å². The molecule has 1 atom stereocenters. The lowest BCUT2D eigenvalue weighted by atomic mass is 10.0. The molecule has 1 amide bonds. The van der Waals surface area contributed by atoms with Gasteiger partial charge in [0.15, 0.2) is 5.78 Å². The maximum absolute atomic E-state index is 12.6. The number of aromatic nitrogens is 2. The van der Waals surface area contributed by atoms with Crippen molar-refractivity contribution in [1.82, 2.24) is 15.0 Å². The number of nitrogens with zero attached hydrogens (tertiary/aromatic N) is 2. The van der Waals surface area contributed by atoms with E-state index in [1.54, 1.807) is 19.1 Å². The van der Waals surface area contributed by atoms with Crippen molar-refractivity contribution in [3.63, 3.8) is 0 Å². The highest BCUT2D eigenvalue weighted by atomic mass is 16.5. The molecule has 2 aromatic heterocycles. The molecule has 0 radical (unpaired) electrons. The van der Waals surface area contributed by atoms with Crippen LogP contribution in [0.5, 0.6) is 0 Å². The highest BCUT2D eigenvalue weighted by Gasteiger charge is 2.22. The van der Waals surface area contributed by atoms with Crippen molar-refractivity contribution < 1.29 is 14.1 Å². The van der Waals surface area contributed by atoms with Gasteiger partial charge in [0, 0.05) is 35.6 Å². The second kappa shape index (κ2) is 5.88. The number of benzene rings is 1. The van der Waals surface area contributed by atoms with Gasteiger partial charge in [0.2, 0.25) is 0 Å². The van der Waals surface area contributed by atoms with E-state index in [0.717, 1.165) is 17.4 Å². The van der Waals surface area contributed by atoms with E-state index in [1.807, 2.05) is 22.8 Å². The van der Waals surface area contributed by atoms with E-state index >= 15 is 0 Å². The molecule has 6 heteroatoms. The summed E-state index contributed by atoms with van der Waals surface area (Å²) in [5, 5.41) is 7.79. The Morgan fingerprint density at radius 2 is 2.20 bits per heavy atom. The van der Waals surface area contributed by atoms with E-state index in [9.17, 15) is 9.59 Å². The van der Waals surface area contributed by atoms with Crippen molar-refractivity contribution in [2.45, 2.75) is 26.8 Å². The van der Waals surface area contributed by atoms with Gasteiger partial charge >= 0.3 is 0 Å². The lowest BCUT2D eigenvalue weighted by Gasteiger charge is -2.10. The first-order valence-electron chi connectivity index (χ1n) is 8.38. The Bertz CT molecular complexity index is 983. The topological polar surface area (TPSA) is 77.1 Å². The minimum absolute atomic E-state index is 0.0168. The first-order valence-corrected chi connectivity index (χ1v) is 8.38. The zero-order chi connectivity index (χ0) is 17.6. The fraction of sp³-hybridized carbons (Fsp3) is 0.316. The largest absolute Gasteiger partial charge is 0.361 e. The van der Waals surface area contributed by atoms with Crippen LogP contribution in [0.4, 0.5) is 0 Å². The number of rotatable bonds is 3. The molecule has 0 saturated carbocycles. The summed E-state index contributed by atoms with van der Waals surface area (Å²) >= 11 is 0. The van der Waals surface area contributed by atoms with Gasteiger partial charge in [-0.3, -0.25) is 9.59 Å². The quantitative estimate of drug-likeness (QED) is 0.746. The molecule has 6 nitrogen and oxygen atoms in total. The van der Waals surface area contributed by atoms with Crippen LogP contribution in [-0.2, 0) is 13.0 Å². The summed E-state index contributed by atoms with van der Waals surface area (Å²) in [5.74, 6) is 0.941. The first-order chi connectivity index (χ1) is 12.0. The van der Waals surface area contributed by atoms with Crippen LogP contribution in [-0.4, -0.2) is 28.0 Å². The fourth-order valence-electron chi connectivity index (χ4n) is 3.31. The summed E-state index contributed by atoms with van der Waals surface area (Å²) in [7, 11) is 0. The van der Waals surface area contributed by atoms with Crippen LogP contribution < -0.4 is 5.32 Å². The molecule has 4 rings (SSSR count). The molecule has 0 saturated heterocycles. The summed E-state index contributed by atoms with van der Waals surface area (Å²) in [6.45, 7) is 5.31. The van der Waals surface area contributed by atoms with Gasteiger partial charge in [-0.15, -0.1) is 0 Å². The smallest absolute Gasteiger partial charge is 0.267 e. The molecule has 0 fully saturated rings. The Morgan fingerprint density at radius 1 is 1.36 bits per heavy atom. The fourth-order valence-corrected chi connectivity index (χ4v) is 3.31. The van der Waals surface area contributed by atoms with E-state index in [1.165, 1.54) is 0 Å². The lowest BCUT2D eigenvalue weighted by Crippen LogP contribution is -2.25.